The Morgan fingerprint density at radius 3 is 2.61 bits per heavy atom. The van der Waals surface area contributed by atoms with Gasteiger partial charge in [-0.1, -0.05) is 13.3 Å². The molecule has 2 saturated heterocycles. The van der Waals surface area contributed by atoms with Gasteiger partial charge < -0.3 is 5.32 Å². The first kappa shape index (κ1) is 16.4. The van der Waals surface area contributed by atoms with Crippen LogP contribution in [0.4, 0.5) is 4.79 Å². The third kappa shape index (κ3) is 3.91. The van der Waals surface area contributed by atoms with E-state index in [2.05, 4.69) is 31.9 Å². The standard InChI is InChI=1S/C16H24N4O2S/c1-2-3-14-15(21)20(16(22)17-14)12-19-7-5-18(6-8-19)10-13-4-9-23-11-13/h4,9,11,14H,2-3,5-8,10,12H2,1H3,(H,17,22). The monoisotopic (exact) mass is 336 g/mol. The van der Waals surface area contributed by atoms with Crippen LogP contribution in [0.1, 0.15) is 25.3 Å². The maximum atomic E-state index is 12.3. The highest BCUT2D eigenvalue weighted by Gasteiger charge is 2.38. The summed E-state index contributed by atoms with van der Waals surface area (Å²) in [6.07, 6.45) is 1.61. The van der Waals surface area contributed by atoms with E-state index in [1.165, 1.54) is 10.5 Å². The highest BCUT2D eigenvalue weighted by Crippen LogP contribution is 2.14. The highest BCUT2D eigenvalue weighted by atomic mass is 32.1. The number of hydrogen-bond acceptors (Lipinski definition) is 5. The van der Waals surface area contributed by atoms with E-state index in [1.54, 1.807) is 11.3 Å². The van der Waals surface area contributed by atoms with Gasteiger partial charge in [-0.25, -0.2) is 9.69 Å². The summed E-state index contributed by atoms with van der Waals surface area (Å²) < 4.78 is 0. The quantitative estimate of drug-likeness (QED) is 0.801. The number of rotatable bonds is 6. The molecule has 7 heteroatoms. The molecule has 0 bridgehead atoms. The molecule has 3 rings (SSSR count). The van der Waals surface area contributed by atoms with Gasteiger partial charge in [0.2, 0.25) is 0 Å². The van der Waals surface area contributed by atoms with Gasteiger partial charge in [0.05, 0.1) is 6.67 Å². The molecule has 3 heterocycles. The Morgan fingerprint density at radius 2 is 1.96 bits per heavy atom. The first-order valence-electron chi connectivity index (χ1n) is 8.25. The number of imide groups is 1. The summed E-state index contributed by atoms with van der Waals surface area (Å²) in [4.78, 5) is 30.2. The Morgan fingerprint density at radius 1 is 1.22 bits per heavy atom. The van der Waals surface area contributed by atoms with Gasteiger partial charge in [-0.3, -0.25) is 14.6 Å². The second kappa shape index (κ2) is 7.42. The van der Waals surface area contributed by atoms with Crippen molar-refractivity contribution in [1.29, 1.82) is 0 Å². The van der Waals surface area contributed by atoms with E-state index < -0.39 is 0 Å². The smallest absolute Gasteiger partial charge is 0.325 e. The van der Waals surface area contributed by atoms with Crippen LogP contribution in [0.25, 0.3) is 0 Å². The van der Waals surface area contributed by atoms with E-state index in [1.807, 2.05) is 6.92 Å². The minimum atomic E-state index is -0.326. The lowest BCUT2D eigenvalue weighted by molar-refractivity contribution is -0.129. The summed E-state index contributed by atoms with van der Waals surface area (Å²) in [6.45, 7) is 7.14. The molecule has 2 aliphatic rings. The van der Waals surface area contributed by atoms with Crippen LogP contribution in [0.15, 0.2) is 16.8 Å². The lowest BCUT2D eigenvalue weighted by Crippen LogP contribution is -2.51. The number of urea groups is 1. The van der Waals surface area contributed by atoms with Gasteiger partial charge in [0, 0.05) is 32.7 Å². The van der Waals surface area contributed by atoms with Gasteiger partial charge in [0.1, 0.15) is 6.04 Å². The van der Waals surface area contributed by atoms with Crippen LogP contribution in [-0.2, 0) is 11.3 Å². The number of hydrogen-bond donors (Lipinski definition) is 1. The average Bonchev–Trinajstić information content (AvgIpc) is 3.14. The van der Waals surface area contributed by atoms with Gasteiger partial charge >= 0.3 is 6.03 Å². The predicted octanol–water partition coefficient (Wildman–Crippen LogP) is 1.54. The molecule has 0 spiro atoms. The fraction of sp³-hybridized carbons (Fsp3) is 0.625. The zero-order chi connectivity index (χ0) is 16.2. The SMILES string of the molecule is CCCC1NC(=O)N(CN2CCN(Cc3ccsc3)CC2)C1=O. The van der Waals surface area contributed by atoms with Crippen LogP contribution >= 0.6 is 11.3 Å². The first-order chi connectivity index (χ1) is 11.2. The molecule has 2 fully saturated rings. The van der Waals surface area contributed by atoms with E-state index in [0.29, 0.717) is 6.67 Å². The number of nitrogens with zero attached hydrogens (tertiary/aromatic N) is 3. The second-order valence-corrected chi connectivity index (χ2v) is 7.00. The third-order valence-corrected chi connectivity index (χ3v) is 5.21. The van der Waals surface area contributed by atoms with Crippen LogP contribution in [0.2, 0.25) is 0 Å². The molecule has 0 aliphatic carbocycles. The van der Waals surface area contributed by atoms with Crippen LogP contribution in [-0.4, -0.2) is 65.5 Å². The number of piperazine rings is 1. The summed E-state index contributed by atoms with van der Waals surface area (Å²) in [5, 5.41) is 7.08. The molecule has 126 valence electrons. The number of nitrogens with one attached hydrogen (secondary N) is 1. The molecule has 6 nitrogen and oxygen atoms in total. The Balaban J connectivity index is 1.47. The number of thiophene rings is 1. The van der Waals surface area contributed by atoms with Gasteiger partial charge in [-0.2, -0.15) is 11.3 Å². The molecule has 23 heavy (non-hydrogen) atoms. The second-order valence-electron chi connectivity index (χ2n) is 6.22. The van der Waals surface area contributed by atoms with Crippen LogP contribution in [0, 0.1) is 0 Å². The summed E-state index contributed by atoms with van der Waals surface area (Å²) in [6, 6.07) is 1.60. The molecule has 1 N–H and O–H groups in total. The van der Waals surface area contributed by atoms with E-state index in [9.17, 15) is 9.59 Å². The number of amides is 3. The van der Waals surface area contributed by atoms with Crippen molar-refractivity contribution < 1.29 is 9.59 Å². The fourth-order valence-corrected chi connectivity index (χ4v) is 3.78. The molecular weight excluding hydrogens is 312 g/mol. The lowest BCUT2D eigenvalue weighted by Gasteiger charge is -2.35. The molecule has 1 aromatic heterocycles. The molecule has 0 saturated carbocycles. The maximum Gasteiger partial charge on any atom is 0.325 e. The maximum absolute atomic E-state index is 12.3. The highest BCUT2D eigenvalue weighted by molar-refractivity contribution is 7.07. The molecule has 0 radical (unpaired) electrons. The van der Waals surface area contributed by atoms with Crippen molar-refractivity contribution in [2.75, 3.05) is 32.8 Å². The average molecular weight is 336 g/mol. The fourth-order valence-electron chi connectivity index (χ4n) is 3.12. The Kier molecular flexibility index (Phi) is 5.30. The van der Waals surface area contributed by atoms with Crippen molar-refractivity contribution in [3.05, 3.63) is 22.4 Å². The summed E-state index contributed by atoms with van der Waals surface area (Å²) in [5.41, 5.74) is 1.36. The number of carbonyl (C=O) groups excluding carboxylic acids is 2. The molecule has 0 aromatic carbocycles. The zero-order valence-electron chi connectivity index (χ0n) is 13.5. The van der Waals surface area contributed by atoms with Crippen molar-refractivity contribution >= 4 is 23.3 Å². The van der Waals surface area contributed by atoms with Gasteiger partial charge in [0.15, 0.2) is 0 Å². The van der Waals surface area contributed by atoms with Gasteiger partial charge in [-0.05, 0) is 28.8 Å². The van der Waals surface area contributed by atoms with E-state index in [-0.39, 0.29) is 18.0 Å². The molecule has 1 aromatic rings. The van der Waals surface area contributed by atoms with Crippen molar-refractivity contribution in [3.63, 3.8) is 0 Å². The third-order valence-electron chi connectivity index (χ3n) is 4.48. The van der Waals surface area contributed by atoms with Crippen molar-refractivity contribution in [2.45, 2.75) is 32.4 Å². The van der Waals surface area contributed by atoms with Crippen molar-refractivity contribution in [2.24, 2.45) is 0 Å². The molecule has 1 unspecified atom stereocenters. The topological polar surface area (TPSA) is 55.9 Å². The van der Waals surface area contributed by atoms with Crippen LogP contribution < -0.4 is 5.32 Å². The summed E-state index contributed by atoms with van der Waals surface area (Å²) in [5.74, 6) is -0.0717. The van der Waals surface area contributed by atoms with Gasteiger partial charge in [0.25, 0.3) is 5.91 Å². The lowest BCUT2D eigenvalue weighted by atomic mass is 10.2. The van der Waals surface area contributed by atoms with Crippen molar-refractivity contribution in [3.8, 4) is 0 Å². The summed E-state index contributed by atoms with van der Waals surface area (Å²) >= 11 is 1.73. The normalized spacial score (nSPS) is 23.5. The van der Waals surface area contributed by atoms with E-state index >= 15 is 0 Å². The van der Waals surface area contributed by atoms with Crippen LogP contribution in [0.5, 0.6) is 0 Å². The first-order valence-corrected chi connectivity index (χ1v) is 9.19. The molecule has 2 aliphatic heterocycles. The predicted molar refractivity (Wildman–Crippen MR) is 90.1 cm³/mol. The molecule has 3 amide bonds. The van der Waals surface area contributed by atoms with Crippen molar-refractivity contribution in [1.82, 2.24) is 20.0 Å². The van der Waals surface area contributed by atoms with Crippen LogP contribution in [0.3, 0.4) is 0 Å². The van der Waals surface area contributed by atoms with E-state index in [4.69, 9.17) is 0 Å². The molecular formula is C16H24N4O2S. The Bertz CT molecular complexity index is 540. The summed E-state index contributed by atoms with van der Waals surface area (Å²) in [7, 11) is 0. The minimum Gasteiger partial charge on any atom is -0.326 e. The van der Waals surface area contributed by atoms with Gasteiger partial charge in [-0.15, -0.1) is 0 Å². The number of carbonyl (C=O) groups is 2. The Hall–Kier alpha value is -1.44. The minimum absolute atomic E-state index is 0.0717. The largest absolute Gasteiger partial charge is 0.326 e. The van der Waals surface area contributed by atoms with E-state index in [0.717, 1.165) is 45.6 Å². The molecule has 1 atom stereocenters. The zero-order valence-corrected chi connectivity index (χ0v) is 14.3. The Labute approximate surface area is 141 Å².